The van der Waals surface area contributed by atoms with Crippen molar-refractivity contribution in [2.24, 2.45) is 0 Å². The van der Waals surface area contributed by atoms with E-state index in [1.807, 2.05) is 0 Å². The smallest absolute Gasteiger partial charge is 0.259 e. The molecule has 1 aromatic carbocycles. The van der Waals surface area contributed by atoms with Crippen molar-refractivity contribution in [3.05, 3.63) is 47.4 Å². The molecule has 1 aromatic heterocycles. The Morgan fingerprint density at radius 2 is 2.04 bits per heavy atom. The highest BCUT2D eigenvalue weighted by Crippen LogP contribution is 2.27. The second-order valence-electron chi connectivity index (χ2n) is 5.57. The number of benzene rings is 1. The third-order valence-electron chi connectivity index (χ3n) is 3.78. The zero-order valence-corrected chi connectivity index (χ0v) is 13.8. The first kappa shape index (κ1) is 15.6. The van der Waals surface area contributed by atoms with Gasteiger partial charge in [0.25, 0.3) is 5.91 Å². The lowest BCUT2D eigenvalue weighted by molar-refractivity contribution is 0.102. The van der Waals surface area contributed by atoms with Gasteiger partial charge >= 0.3 is 0 Å². The summed E-state index contributed by atoms with van der Waals surface area (Å²) in [6, 6.07) is 8.53. The fraction of sp³-hybridized carbons (Fsp3) is 0.312. The van der Waals surface area contributed by atoms with Crippen LogP contribution in [0.5, 0.6) is 0 Å². The summed E-state index contributed by atoms with van der Waals surface area (Å²) in [7, 11) is -3.24. The minimum absolute atomic E-state index is 0.164. The van der Waals surface area contributed by atoms with Crippen LogP contribution in [-0.2, 0) is 10.0 Å². The van der Waals surface area contributed by atoms with Crippen LogP contribution in [-0.4, -0.2) is 26.6 Å². The first-order valence-corrected chi connectivity index (χ1v) is 8.96. The molecule has 1 aliphatic rings. The molecule has 0 saturated carbocycles. The number of rotatable bonds is 3. The topological polar surface area (TPSA) is 79.6 Å². The van der Waals surface area contributed by atoms with E-state index in [2.05, 4.69) is 5.32 Å². The molecule has 1 saturated heterocycles. The van der Waals surface area contributed by atoms with Crippen LogP contribution >= 0.6 is 0 Å². The first-order chi connectivity index (χ1) is 10.9. The molecule has 0 atom stereocenters. The largest absolute Gasteiger partial charge is 0.466 e. The molecule has 0 bridgehead atoms. The summed E-state index contributed by atoms with van der Waals surface area (Å²) in [5.41, 5.74) is 1.59. The van der Waals surface area contributed by atoms with E-state index in [4.69, 9.17) is 4.42 Å². The van der Waals surface area contributed by atoms with E-state index in [-0.39, 0.29) is 11.7 Å². The summed E-state index contributed by atoms with van der Waals surface area (Å²) in [6.07, 6.45) is 0.617. The number of furan rings is 1. The van der Waals surface area contributed by atoms with E-state index >= 15 is 0 Å². The standard InChI is InChI=1S/C16H18N2O4S/c1-11-9-15(12(2)22-11)16(19)17-13-5-3-6-14(10-13)18-7-4-8-23(18,20)21/h3,5-6,9-10H,4,7-8H2,1-2H3,(H,17,19). The monoisotopic (exact) mass is 334 g/mol. The predicted octanol–water partition coefficient (Wildman–Crippen LogP) is 2.69. The number of hydrogen-bond acceptors (Lipinski definition) is 4. The van der Waals surface area contributed by atoms with Crippen LogP contribution in [0, 0.1) is 13.8 Å². The Balaban J connectivity index is 1.83. The van der Waals surface area contributed by atoms with Gasteiger partial charge < -0.3 is 9.73 Å². The molecule has 0 radical (unpaired) electrons. The Bertz CT molecular complexity index is 855. The van der Waals surface area contributed by atoms with Crippen molar-refractivity contribution in [3.8, 4) is 0 Å². The number of aryl methyl sites for hydroxylation is 2. The fourth-order valence-corrected chi connectivity index (χ4v) is 4.28. The van der Waals surface area contributed by atoms with Crippen LogP contribution in [0.1, 0.15) is 28.3 Å². The lowest BCUT2D eigenvalue weighted by Gasteiger charge is -2.17. The normalized spacial score (nSPS) is 16.5. The SMILES string of the molecule is Cc1cc(C(=O)Nc2cccc(N3CCCS3(=O)=O)c2)c(C)o1. The average molecular weight is 334 g/mol. The molecule has 122 valence electrons. The van der Waals surface area contributed by atoms with Gasteiger partial charge in [0.15, 0.2) is 0 Å². The van der Waals surface area contributed by atoms with Crippen LogP contribution in [0.3, 0.4) is 0 Å². The van der Waals surface area contributed by atoms with Gasteiger partial charge in [-0.3, -0.25) is 9.10 Å². The third-order valence-corrected chi connectivity index (χ3v) is 5.65. The van der Waals surface area contributed by atoms with Gasteiger partial charge in [0.2, 0.25) is 10.0 Å². The molecule has 2 aromatic rings. The summed E-state index contributed by atoms with van der Waals surface area (Å²) in [6.45, 7) is 3.98. The molecule has 6 nitrogen and oxygen atoms in total. The Morgan fingerprint density at radius 1 is 1.26 bits per heavy atom. The summed E-state index contributed by atoms with van der Waals surface area (Å²) in [5, 5.41) is 2.78. The molecule has 0 aliphatic carbocycles. The van der Waals surface area contributed by atoms with Crippen LogP contribution in [0.2, 0.25) is 0 Å². The lowest BCUT2D eigenvalue weighted by Crippen LogP contribution is -2.25. The van der Waals surface area contributed by atoms with E-state index in [1.54, 1.807) is 44.2 Å². The van der Waals surface area contributed by atoms with Crippen LogP contribution in [0.4, 0.5) is 11.4 Å². The van der Waals surface area contributed by atoms with Gasteiger partial charge in [0.1, 0.15) is 11.5 Å². The van der Waals surface area contributed by atoms with Gasteiger partial charge in [-0.25, -0.2) is 8.42 Å². The minimum atomic E-state index is -3.24. The molecular formula is C16H18N2O4S. The molecular weight excluding hydrogens is 316 g/mol. The molecule has 7 heteroatoms. The van der Waals surface area contributed by atoms with Crippen molar-refractivity contribution >= 4 is 27.3 Å². The quantitative estimate of drug-likeness (QED) is 0.936. The number of nitrogens with zero attached hydrogens (tertiary/aromatic N) is 1. The first-order valence-electron chi connectivity index (χ1n) is 7.36. The Hall–Kier alpha value is -2.28. The summed E-state index contributed by atoms with van der Waals surface area (Å²) >= 11 is 0. The number of nitrogens with one attached hydrogen (secondary N) is 1. The number of hydrogen-bond donors (Lipinski definition) is 1. The average Bonchev–Trinajstić information content (AvgIpc) is 3.00. The van der Waals surface area contributed by atoms with Crippen molar-refractivity contribution in [1.29, 1.82) is 0 Å². The van der Waals surface area contributed by atoms with Crippen LogP contribution < -0.4 is 9.62 Å². The van der Waals surface area contributed by atoms with Crippen LogP contribution in [0.15, 0.2) is 34.7 Å². The number of carbonyl (C=O) groups is 1. The zero-order valence-electron chi connectivity index (χ0n) is 13.0. The fourth-order valence-electron chi connectivity index (χ4n) is 2.72. The molecule has 0 unspecified atom stereocenters. The van der Waals surface area contributed by atoms with E-state index in [9.17, 15) is 13.2 Å². The molecule has 3 rings (SSSR count). The Kier molecular flexibility index (Phi) is 3.89. The lowest BCUT2D eigenvalue weighted by atomic mass is 10.2. The van der Waals surface area contributed by atoms with Crippen molar-refractivity contribution in [2.45, 2.75) is 20.3 Å². The number of anilines is 2. The zero-order chi connectivity index (χ0) is 16.6. The summed E-state index contributed by atoms with van der Waals surface area (Å²) in [5.74, 6) is 1.11. The molecule has 2 heterocycles. The third kappa shape index (κ3) is 3.10. The molecule has 0 spiro atoms. The van der Waals surface area contributed by atoms with Gasteiger partial charge in [0.05, 0.1) is 17.0 Å². The van der Waals surface area contributed by atoms with Gasteiger partial charge in [-0.05, 0) is 44.5 Å². The van der Waals surface area contributed by atoms with Crippen molar-refractivity contribution in [2.75, 3.05) is 21.9 Å². The summed E-state index contributed by atoms with van der Waals surface area (Å²) < 4.78 is 30.7. The van der Waals surface area contributed by atoms with E-state index in [0.29, 0.717) is 41.4 Å². The van der Waals surface area contributed by atoms with Gasteiger partial charge in [-0.15, -0.1) is 0 Å². The highest BCUT2D eigenvalue weighted by Gasteiger charge is 2.28. The van der Waals surface area contributed by atoms with E-state index in [0.717, 1.165) is 0 Å². The molecule has 1 aliphatic heterocycles. The summed E-state index contributed by atoms with van der Waals surface area (Å²) in [4.78, 5) is 12.3. The van der Waals surface area contributed by atoms with Crippen molar-refractivity contribution in [3.63, 3.8) is 0 Å². The highest BCUT2D eigenvalue weighted by atomic mass is 32.2. The molecule has 1 fully saturated rings. The number of carbonyl (C=O) groups excluding carboxylic acids is 1. The molecule has 23 heavy (non-hydrogen) atoms. The minimum Gasteiger partial charge on any atom is -0.466 e. The van der Waals surface area contributed by atoms with Crippen molar-refractivity contribution < 1.29 is 17.6 Å². The van der Waals surface area contributed by atoms with E-state index < -0.39 is 10.0 Å². The second kappa shape index (κ2) is 5.73. The van der Waals surface area contributed by atoms with Gasteiger partial charge in [-0.2, -0.15) is 0 Å². The Morgan fingerprint density at radius 3 is 2.65 bits per heavy atom. The van der Waals surface area contributed by atoms with E-state index in [1.165, 1.54) is 4.31 Å². The molecule has 1 amide bonds. The second-order valence-corrected chi connectivity index (χ2v) is 7.59. The maximum absolute atomic E-state index is 12.3. The highest BCUT2D eigenvalue weighted by molar-refractivity contribution is 7.93. The van der Waals surface area contributed by atoms with Crippen LogP contribution in [0.25, 0.3) is 0 Å². The van der Waals surface area contributed by atoms with Gasteiger partial charge in [-0.1, -0.05) is 6.07 Å². The van der Waals surface area contributed by atoms with Gasteiger partial charge in [0, 0.05) is 12.2 Å². The predicted molar refractivity (Wildman–Crippen MR) is 88.3 cm³/mol. The Labute approximate surface area is 135 Å². The number of sulfonamides is 1. The number of amides is 1. The van der Waals surface area contributed by atoms with Crippen molar-refractivity contribution in [1.82, 2.24) is 0 Å². The maximum atomic E-state index is 12.3. The maximum Gasteiger partial charge on any atom is 0.259 e. The molecule has 1 N–H and O–H groups in total.